The molecule has 6 heteroatoms. The van der Waals surface area contributed by atoms with Crippen molar-refractivity contribution in [1.82, 2.24) is 15.2 Å². The van der Waals surface area contributed by atoms with Gasteiger partial charge in [-0.15, -0.1) is 11.3 Å². The summed E-state index contributed by atoms with van der Waals surface area (Å²) < 4.78 is 0. The molecule has 2 aliphatic heterocycles. The molecule has 0 spiro atoms. The van der Waals surface area contributed by atoms with Gasteiger partial charge < -0.3 is 16.0 Å². The third-order valence-corrected chi connectivity index (χ3v) is 6.59. The van der Waals surface area contributed by atoms with Gasteiger partial charge in [-0.1, -0.05) is 6.58 Å². The highest BCUT2D eigenvalue weighted by atomic mass is 32.1. The maximum atomic E-state index is 12.8. The van der Waals surface area contributed by atoms with Gasteiger partial charge in [0.05, 0.1) is 0 Å². The number of fused-ring (bicyclic) bond motifs is 2. The number of thiazole rings is 1. The first-order valence-electron chi connectivity index (χ1n) is 9.04. The summed E-state index contributed by atoms with van der Waals surface area (Å²) in [4.78, 5) is 19.6. The van der Waals surface area contributed by atoms with Crippen LogP contribution in [0.3, 0.4) is 0 Å². The van der Waals surface area contributed by atoms with Crippen molar-refractivity contribution in [3.05, 3.63) is 41.9 Å². The van der Waals surface area contributed by atoms with Crippen molar-refractivity contribution in [2.75, 3.05) is 12.8 Å². The van der Waals surface area contributed by atoms with Crippen LogP contribution in [0.5, 0.6) is 0 Å². The zero-order valence-electron chi connectivity index (χ0n) is 14.9. The Hall–Kier alpha value is -2.18. The predicted octanol–water partition coefficient (Wildman–Crippen LogP) is 3.15. The first kappa shape index (κ1) is 17.2. The quantitative estimate of drug-likeness (QED) is 0.642. The van der Waals surface area contributed by atoms with Gasteiger partial charge in [0, 0.05) is 52.1 Å². The van der Waals surface area contributed by atoms with E-state index in [9.17, 15) is 4.79 Å². The number of nitrogens with one attached hydrogen (secondary N) is 1. The van der Waals surface area contributed by atoms with E-state index in [1.807, 2.05) is 23.6 Å². The molecule has 2 fully saturated rings. The van der Waals surface area contributed by atoms with Gasteiger partial charge in [-0.25, -0.2) is 4.98 Å². The Morgan fingerprint density at radius 3 is 2.73 bits per heavy atom. The van der Waals surface area contributed by atoms with E-state index < -0.39 is 0 Å². The first-order valence-corrected chi connectivity index (χ1v) is 9.92. The van der Waals surface area contributed by atoms with Crippen LogP contribution in [-0.4, -0.2) is 41.0 Å². The Kier molecular flexibility index (Phi) is 4.54. The van der Waals surface area contributed by atoms with Crippen LogP contribution in [0.2, 0.25) is 0 Å². The lowest BCUT2D eigenvalue weighted by atomic mass is 9.96. The van der Waals surface area contributed by atoms with Crippen LogP contribution in [0, 0.1) is 0 Å². The average molecular weight is 369 g/mol. The molecule has 3 N–H and O–H groups in total. The molecule has 2 aliphatic rings. The minimum absolute atomic E-state index is 0.123. The molecule has 5 nitrogen and oxygen atoms in total. The summed E-state index contributed by atoms with van der Waals surface area (Å²) in [6.45, 7) is 4.02. The topological polar surface area (TPSA) is 71.2 Å². The minimum Gasteiger partial charge on any atom is -0.398 e. The molecule has 0 radical (unpaired) electrons. The van der Waals surface area contributed by atoms with Crippen molar-refractivity contribution in [3.63, 3.8) is 0 Å². The van der Waals surface area contributed by atoms with Gasteiger partial charge in [0.15, 0.2) is 0 Å². The second kappa shape index (κ2) is 6.85. The molecular formula is C20H24N4OS. The molecule has 1 amide bonds. The van der Waals surface area contributed by atoms with Crippen molar-refractivity contribution in [2.24, 2.45) is 0 Å². The fourth-order valence-electron chi connectivity index (χ4n) is 4.24. The minimum atomic E-state index is -0.123. The van der Waals surface area contributed by atoms with E-state index >= 15 is 0 Å². The highest BCUT2D eigenvalue weighted by Gasteiger charge is 2.38. The molecular weight excluding hydrogens is 344 g/mol. The number of hydrogen-bond acceptors (Lipinski definition) is 5. The second-order valence-electron chi connectivity index (χ2n) is 7.31. The normalized spacial score (nSPS) is 25.2. The molecule has 1 aromatic carbocycles. The Balaban J connectivity index is 1.49. The van der Waals surface area contributed by atoms with Gasteiger partial charge in [0.2, 0.25) is 0 Å². The predicted molar refractivity (Wildman–Crippen MR) is 107 cm³/mol. The standard InChI is InChI=1S/C20H24N4OS/c1-12(17-9-13(3-6-18(17)21)20-22-7-8-26-20)19(25)23-14-10-15-4-5-16(11-14)24(15)2/h3,6-9,14-16H,1,4-5,10-11,21H2,2H3,(H,23,25). The van der Waals surface area contributed by atoms with Crippen molar-refractivity contribution in [1.29, 1.82) is 0 Å². The third kappa shape index (κ3) is 3.15. The van der Waals surface area contributed by atoms with Crippen molar-refractivity contribution >= 4 is 28.5 Å². The Morgan fingerprint density at radius 1 is 1.35 bits per heavy atom. The van der Waals surface area contributed by atoms with E-state index in [1.165, 1.54) is 12.8 Å². The van der Waals surface area contributed by atoms with Crippen LogP contribution < -0.4 is 11.1 Å². The number of piperidine rings is 1. The van der Waals surface area contributed by atoms with Crippen LogP contribution in [0.4, 0.5) is 5.69 Å². The largest absolute Gasteiger partial charge is 0.398 e. The Morgan fingerprint density at radius 2 is 2.08 bits per heavy atom. The molecule has 2 bridgehead atoms. The average Bonchev–Trinajstić information content (AvgIpc) is 3.22. The van der Waals surface area contributed by atoms with E-state index in [0.29, 0.717) is 28.9 Å². The molecule has 2 aromatic rings. The van der Waals surface area contributed by atoms with Gasteiger partial charge in [-0.2, -0.15) is 0 Å². The fourth-order valence-corrected chi connectivity index (χ4v) is 4.88. The molecule has 3 heterocycles. The summed E-state index contributed by atoms with van der Waals surface area (Å²) in [6.07, 6.45) is 6.27. The molecule has 2 atom stereocenters. The summed E-state index contributed by atoms with van der Waals surface area (Å²) in [5.74, 6) is -0.123. The van der Waals surface area contributed by atoms with Gasteiger partial charge in [-0.3, -0.25) is 4.79 Å². The number of nitrogen functional groups attached to an aromatic ring is 1. The van der Waals surface area contributed by atoms with Gasteiger partial charge in [0.1, 0.15) is 5.01 Å². The van der Waals surface area contributed by atoms with E-state index in [4.69, 9.17) is 5.73 Å². The molecule has 1 aromatic heterocycles. The lowest BCUT2D eigenvalue weighted by molar-refractivity contribution is -0.116. The van der Waals surface area contributed by atoms with Crippen molar-refractivity contribution in [2.45, 2.75) is 43.8 Å². The Labute approximate surface area is 157 Å². The number of carbonyl (C=O) groups excluding carboxylic acids is 1. The maximum absolute atomic E-state index is 12.8. The third-order valence-electron chi connectivity index (χ3n) is 5.77. The van der Waals surface area contributed by atoms with Gasteiger partial charge in [0.25, 0.3) is 5.91 Å². The number of carbonyl (C=O) groups is 1. The molecule has 136 valence electrons. The number of aromatic nitrogens is 1. The Bertz CT molecular complexity index is 818. The van der Waals surface area contributed by atoms with Crippen LogP contribution in [0.1, 0.15) is 31.2 Å². The maximum Gasteiger partial charge on any atom is 0.251 e. The van der Waals surface area contributed by atoms with Crippen LogP contribution in [0.25, 0.3) is 16.1 Å². The number of benzene rings is 1. The summed E-state index contributed by atoms with van der Waals surface area (Å²) >= 11 is 1.56. The van der Waals surface area contributed by atoms with Crippen LogP contribution in [-0.2, 0) is 4.79 Å². The molecule has 2 saturated heterocycles. The number of anilines is 1. The van der Waals surface area contributed by atoms with E-state index in [2.05, 4.69) is 28.8 Å². The zero-order chi connectivity index (χ0) is 18.3. The number of rotatable bonds is 4. The van der Waals surface area contributed by atoms with Gasteiger partial charge >= 0.3 is 0 Å². The van der Waals surface area contributed by atoms with Crippen molar-refractivity contribution in [3.8, 4) is 10.6 Å². The highest BCUT2D eigenvalue weighted by molar-refractivity contribution is 7.13. The molecule has 0 saturated carbocycles. The fraction of sp³-hybridized carbons (Fsp3) is 0.400. The smallest absolute Gasteiger partial charge is 0.251 e. The van der Waals surface area contributed by atoms with E-state index in [-0.39, 0.29) is 11.9 Å². The monoisotopic (exact) mass is 368 g/mol. The second-order valence-corrected chi connectivity index (χ2v) is 8.20. The number of nitrogens with zero attached hydrogens (tertiary/aromatic N) is 2. The summed E-state index contributed by atoms with van der Waals surface area (Å²) in [5, 5.41) is 6.03. The number of hydrogen-bond donors (Lipinski definition) is 2. The summed E-state index contributed by atoms with van der Waals surface area (Å²) in [7, 11) is 2.20. The molecule has 2 unspecified atom stereocenters. The summed E-state index contributed by atoms with van der Waals surface area (Å²) in [6, 6.07) is 7.05. The number of amides is 1. The van der Waals surface area contributed by atoms with Gasteiger partial charge in [-0.05, 0) is 50.9 Å². The lowest BCUT2D eigenvalue weighted by Gasteiger charge is -2.36. The van der Waals surface area contributed by atoms with Crippen LogP contribution in [0.15, 0.2) is 36.4 Å². The number of nitrogens with two attached hydrogens (primary N) is 1. The molecule has 26 heavy (non-hydrogen) atoms. The molecule has 0 aliphatic carbocycles. The summed E-state index contributed by atoms with van der Waals surface area (Å²) in [5.41, 5.74) is 8.75. The van der Waals surface area contributed by atoms with E-state index in [1.54, 1.807) is 17.5 Å². The highest BCUT2D eigenvalue weighted by Crippen LogP contribution is 2.35. The molecule has 4 rings (SSSR count). The lowest BCUT2D eigenvalue weighted by Crippen LogP contribution is -2.48. The SMILES string of the molecule is C=C(C(=O)NC1CC2CCC(C1)N2C)c1cc(-c2nccs2)ccc1N. The van der Waals surface area contributed by atoms with E-state index in [0.717, 1.165) is 23.4 Å². The van der Waals surface area contributed by atoms with Crippen molar-refractivity contribution < 1.29 is 4.79 Å². The first-order chi connectivity index (χ1) is 12.5. The zero-order valence-corrected chi connectivity index (χ0v) is 15.8. The van der Waals surface area contributed by atoms with Crippen LogP contribution >= 0.6 is 11.3 Å².